The third-order valence-corrected chi connectivity index (χ3v) is 2.42. The van der Waals surface area contributed by atoms with E-state index in [0.29, 0.717) is 5.41 Å². The molecule has 0 aromatic carbocycles. The molecule has 84 valence electrons. The minimum absolute atomic E-state index is 0.388. The number of hydrogen-bond donors (Lipinski definition) is 1. The van der Waals surface area contributed by atoms with Crippen LogP contribution in [-0.4, -0.2) is 11.5 Å². The molecule has 0 amide bonds. The van der Waals surface area contributed by atoms with Gasteiger partial charge >= 0.3 is 0 Å². The van der Waals surface area contributed by atoms with E-state index in [-0.39, 0.29) is 0 Å². The van der Waals surface area contributed by atoms with Crippen molar-refractivity contribution in [3.05, 3.63) is 23.5 Å². The number of hydrogen-bond acceptors (Lipinski definition) is 2. The van der Waals surface area contributed by atoms with Crippen LogP contribution in [0.3, 0.4) is 0 Å². The second-order valence-corrected chi connectivity index (χ2v) is 5.32. The Balaban J connectivity index is 2.51. The summed E-state index contributed by atoms with van der Waals surface area (Å²) in [5, 5.41) is 3.43. The van der Waals surface area contributed by atoms with Crippen LogP contribution in [0.1, 0.15) is 38.6 Å². The van der Waals surface area contributed by atoms with Gasteiger partial charge in [-0.2, -0.15) is 0 Å². The van der Waals surface area contributed by atoms with E-state index in [4.69, 9.17) is 0 Å². The molecule has 2 nitrogen and oxygen atoms in total. The van der Waals surface area contributed by atoms with Crippen molar-refractivity contribution < 1.29 is 0 Å². The first kappa shape index (κ1) is 12.0. The van der Waals surface area contributed by atoms with Crippen molar-refractivity contribution in [2.45, 2.75) is 41.0 Å². The van der Waals surface area contributed by atoms with Crippen molar-refractivity contribution >= 4 is 5.69 Å². The van der Waals surface area contributed by atoms with Crippen molar-refractivity contribution in [1.82, 2.24) is 4.98 Å². The van der Waals surface area contributed by atoms with Gasteiger partial charge in [0.2, 0.25) is 0 Å². The maximum Gasteiger partial charge on any atom is 0.0606 e. The second kappa shape index (κ2) is 4.65. The molecule has 1 aromatic heterocycles. The van der Waals surface area contributed by atoms with E-state index in [1.807, 2.05) is 19.9 Å². The maximum atomic E-state index is 4.43. The summed E-state index contributed by atoms with van der Waals surface area (Å²) in [5.74, 6) is 0. The van der Waals surface area contributed by atoms with Crippen LogP contribution in [0.5, 0.6) is 0 Å². The molecule has 0 radical (unpaired) electrons. The number of rotatable bonds is 3. The fraction of sp³-hybridized carbons (Fsp3) is 0.615. The Morgan fingerprint density at radius 3 is 2.40 bits per heavy atom. The first-order valence-corrected chi connectivity index (χ1v) is 5.57. The van der Waals surface area contributed by atoms with Crippen LogP contribution in [0, 0.1) is 19.3 Å². The van der Waals surface area contributed by atoms with Gasteiger partial charge in [0.25, 0.3) is 0 Å². The molecule has 15 heavy (non-hydrogen) atoms. The zero-order chi connectivity index (χ0) is 11.5. The largest absolute Gasteiger partial charge is 0.384 e. The van der Waals surface area contributed by atoms with Crippen molar-refractivity contribution in [2.24, 2.45) is 5.41 Å². The zero-order valence-electron chi connectivity index (χ0n) is 10.5. The van der Waals surface area contributed by atoms with Gasteiger partial charge in [-0.1, -0.05) is 20.8 Å². The van der Waals surface area contributed by atoms with Gasteiger partial charge in [-0.05, 0) is 37.8 Å². The zero-order valence-corrected chi connectivity index (χ0v) is 10.5. The van der Waals surface area contributed by atoms with Gasteiger partial charge < -0.3 is 5.32 Å². The fourth-order valence-electron chi connectivity index (χ4n) is 1.45. The summed E-state index contributed by atoms with van der Waals surface area (Å²) in [5.41, 5.74) is 3.71. The number of nitrogens with zero attached hydrogens (tertiary/aromatic N) is 1. The van der Waals surface area contributed by atoms with Crippen LogP contribution in [0.25, 0.3) is 0 Å². The molecule has 0 fully saturated rings. The molecular weight excluding hydrogens is 184 g/mol. The normalized spacial score (nSPS) is 11.5. The average Bonchev–Trinajstić information content (AvgIpc) is 2.07. The summed E-state index contributed by atoms with van der Waals surface area (Å²) in [6, 6.07) is 4.16. The van der Waals surface area contributed by atoms with Crippen LogP contribution in [0.4, 0.5) is 5.69 Å². The average molecular weight is 206 g/mol. The third-order valence-electron chi connectivity index (χ3n) is 2.42. The van der Waals surface area contributed by atoms with E-state index in [0.717, 1.165) is 23.6 Å². The van der Waals surface area contributed by atoms with E-state index in [1.165, 1.54) is 6.42 Å². The van der Waals surface area contributed by atoms with E-state index in [2.05, 4.69) is 37.1 Å². The molecule has 1 heterocycles. The van der Waals surface area contributed by atoms with Gasteiger partial charge in [0.1, 0.15) is 0 Å². The summed E-state index contributed by atoms with van der Waals surface area (Å²) in [7, 11) is 0. The second-order valence-electron chi connectivity index (χ2n) is 5.32. The Labute approximate surface area is 93.1 Å². The highest BCUT2D eigenvalue weighted by atomic mass is 14.9. The highest BCUT2D eigenvalue weighted by molar-refractivity contribution is 5.47. The lowest BCUT2D eigenvalue weighted by atomic mass is 9.92. The molecule has 0 bridgehead atoms. The predicted molar refractivity (Wildman–Crippen MR) is 66.3 cm³/mol. The van der Waals surface area contributed by atoms with Gasteiger partial charge in [-0.3, -0.25) is 4.98 Å². The maximum absolute atomic E-state index is 4.43. The summed E-state index contributed by atoms with van der Waals surface area (Å²) in [6.45, 7) is 11.9. The Morgan fingerprint density at radius 2 is 1.87 bits per heavy atom. The molecule has 0 saturated heterocycles. The number of anilines is 1. The first-order valence-electron chi connectivity index (χ1n) is 5.57. The number of aryl methyl sites for hydroxylation is 2. The highest BCUT2D eigenvalue weighted by Gasteiger charge is 2.09. The topological polar surface area (TPSA) is 24.9 Å². The first-order chi connectivity index (χ1) is 6.88. The molecule has 1 rings (SSSR count). The molecule has 1 N–H and O–H groups in total. The monoisotopic (exact) mass is 206 g/mol. The minimum atomic E-state index is 0.388. The molecule has 0 saturated carbocycles. The van der Waals surface area contributed by atoms with Crippen LogP contribution in [-0.2, 0) is 0 Å². The molecular formula is C13H22N2. The number of nitrogens with one attached hydrogen (secondary N) is 1. The van der Waals surface area contributed by atoms with Crippen LogP contribution < -0.4 is 5.32 Å². The molecule has 2 heteroatoms. The lowest BCUT2D eigenvalue weighted by Crippen LogP contribution is -2.13. The summed E-state index contributed by atoms with van der Waals surface area (Å²) >= 11 is 0. The quantitative estimate of drug-likeness (QED) is 0.818. The Kier molecular flexibility index (Phi) is 3.72. The highest BCUT2D eigenvalue weighted by Crippen LogP contribution is 2.19. The molecule has 1 aromatic rings. The van der Waals surface area contributed by atoms with E-state index in [1.54, 1.807) is 0 Å². The summed E-state index contributed by atoms with van der Waals surface area (Å²) in [6.07, 6.45) is 1.17. The smallest absolute Gasteiger partial charge is 0.0606 e. The number of aromatic nitrogens is 1. The van der Waals surface area contributed by atoms with E-state index >= 15 is 0 Å². The Bertz CT molecular complexity index is 324. The third kappa shape index (κ3) is 4.32. The van der Waals surface area contributed by atoms with Crippen molar-refractivity contribution in [3.63, 3.8) is 0 Å². The number of pyridine rings is 1. The lowest BCUT2D eigenvalue weighted by molar-refractivity contribution is 0.389. The lowest BCUT2D eigenvalue weighted by Gasteiger charge is -2.19. The van der Waals surface area contributed by atoms with Crippen molar-refractivity contribution in [2.75, 3.05) is 11.9 Å². The minimum Gasteiger partial charge on any atom is -0.384 e. The molecule has 0 aliphatic rings. The van der Waals surface area contributed by atoms with Crippen molar-refractivity contribution in [3.8, 4) is 0 Å². The molecule has 0 spiro atoms. The molecule has 0 unspecified atom stereocenters. The van der Waals surface area contributed by atoms with Gasteiger partial charge in [0.05, 0.1) is 11.4 Å². The SMILES string of the molecule is Cc1ccc(NCCC(C)(C)C)c(C)n1. The molecule has 0 aliphatic carbocycles. The van der Waals surface area contributed by atoms with Gasteiger partial charge in [0.15, 0.2) is 0 Å². The van der Waals surface area contributed by atoms with Crippen molar-refractivity contribution in [1.29, 1.82) is 0 Å². The van der Waals surface area contributed by atoms with Crippen LogP contribution in [0.2, 0.25) is 0 Å². The Hall–Kier alpha value is -1.05. The van der Waals surface area contributed by atoms with Crippen LogP contribution >= 0.6 is 0 Å². The summed E-state index contributed by atoms with van der Waals surface area (Å²) in [4.78, 5) is 4.43. The van der Waals surface area contributed by atoms with E-state index in [9.17, 15) is 0 Å². The summed E-state index contributed by atoms with van der Waals surface area (Å²) < 4.78 is 0. The van der Waals surface area contributed by atoms with Gasteiger partial charge in [-0.25, -0.2) is 0 Å². The van der Waals surface area contributed by atoms with Crippen LogP contribution in [0.15, 0.2) is 12.1 Å². The Morgan fingerprint density at radius 1 is 1.20 bits per heavy atom. The van der Waals surface area contributed by atoms with E-state index < -0.39 is 0 Å². The molecule has 0 atom stereocenters. The fourth-order valence-corrected chi connectivity index (χ4v) is 1.45. The van der Waals surface area contributed by atoms with Gasteiger partial charge in [0, 0.05) is 12.2 Å². The predicted octanol–water partition coefficient (Wildman–Crippen LogP) is 3.55. The standard InChI is InChI=1S/C13H22N2/c1-10-6-7-12(11(2)15-10)14-9-8-13(3,4)5/h6-7,14H,8-9H2,1-5H3. The van der Waals surface area contributed by atoms with Gasteiger partial charge in [-0.15, -0.1) is 0 Å². The molecule has 0 aliphatic heterocycles.